The number of aliphatic hydroxyl groups is 5. The minimum Gasteiger partial charge on any atom is -0.748 e. The number of halogens is 2. The SMILES string of the molecule is O=c1cc(CS(=O)(=O)[O-])c2cc(F)c(O[C@@H]3OC[C@@H](O[C@@H]4OC[C@@H](O)[C@@H](O)C4O)[C@@H](O)C3O)c(F)c2o1.[Na+]. The Morgan fingerprint density at radius 2 is 1.61 bits per heavy atom. The van der Waals surface area contributed by atoms with Gasteiger partial charge < -0.3 is 53.4 Å². The van der Waals surface area contributed by atoms with Crippen molar-refractivity contribution in [2.24, 2.45) is 0 Å². The van der Waals surface area contributed by atoms with E-state index in [9.17, 15) is 47.7 Å². The first kappa shape index (κ1) is 31.2. The first-order valence-corrected chi connectivity index (χ1v) is 12.2. The third-order valence-electron chi connectivity index (χ3n) is 5.74. The minimum absolute atomic E-state index is 0. The minimum atomic E-state index is -4.93. The fraction of sp³-hybridized carbons (Fsp3) is 0.550. The summed E-state index contributed by atoms with van der Waals surface area (Å²) in [6.45, 7) is -0.967. The summed E-state index contributed by atoms with van der Waals surface area (Å²) in [5, 5.41) is 49.4. The normalized spacial score (nSPS) is 32.1. The number of rotatable bonds is 6. The summed E-state index contributed by atoms with van der Waals surface area (Å²) >= 11 is 0. The molecule has 0 aliphatic carbocycles. The third-order valence-corrected chi connectivity index (χ3v) is 6.40. The topological polar surface area (TPSA) is 225 Å². The molecule has 2 saturated heterocycles. The van der Waals surface area contributed by atoms with Gasteiger partial charge in [0.15, 0.2) is 23.4 Å². The van der Waals surface area contributed by atoms with E-state index in [0.29, 0.717) is 12.1 Å². The van der Waals surface area contributed by atoms with Crippen molar-refractivity contribution in [3.05, 3.63) is 39.8 Å². The molecule has 2 unspecified atom stereocenters. The maximum absolute atomic E-state index is 15.1. The second-order valence-electron chi connectivity index (χ2n) is 8.40. The van der Waals surface area contributed by atoms with Gasteiger partial charge in [0.2, 0.25) is 12.1 Å². The Bertz CT molecular complexity index is 1320. The Kier molecular flexibility index (Phi) is 9.90. The van der Waals surface area contributed by atoms with Crippen molar-refractivity contribution in [1.29, 1.82) is 0 Å². The molecule has 38 heavy (non-hydrogen) atoms. The molecule has 0 spiro atoms. The molecule has 1 aromatic carbocycles. The van der Waals surface area contributed by atoms with Gasteiger partial charge >= 0.3 is 35.2 Å². The number of ether oxygens (including phenoxy) is 4. The van der Waals surface area contributed by atoms with Gasteiger partial charge in [-0.1, -0.05) is 0 Å². The zero-order chi connectivity index (χ0) is 27.2. The van der Waals surface area contributed by atoms with Gasteiger partial charge in [0.05, 0.1) is 29.1 Å². The summed E-state index contributed by atoms with van der Waals surface area (Å²) in [5.74, 6) is -5.52. The predicted molar refractivity (Wildman–Crippen MR) is 111 cm³/mol. The molecule has 18 heteroatoms. The molecule has 14 nitrogen and oxygen atoms in total. The summed E-state index contributed by atoms with van der Waals surface area (Å²) < 4.78 is 88.4. The van der Waals surface area contributed by atoms with Gasteiger partial charge in [-0.2, -0.15) is 4.39 Å². The quantitative estimate of drug-likeness (QED) is 0.122. The van der Waals surface area contributed by atoms with Crippen LogP contribution >= 0.6 is 0 Å². The molecular formula is C20H21F2NaO14S. The Labute approximate surface area is 234 Å². The predicted octanol–water partition coefficient (Wildman–Crippen LogP) is -5.60. The Morgan fingerprint density at radius 3 is 2.26 bits per heavy atom. The average molecular weight is 578 g/mol. The number of hydrogen-bond acceptors (Lipinski definition) is 14. The second kappa shape index (κ2) is 12.0. The molecule has 1 aromatic heterocycles. The van der Waals surface area contributed by atoms with E-state index >= 15 is 4.39 Å². The van der Waals surface area contributed by atoms with Crippen LogP contribution < -0.4 is 39.9 Å². The van der Waals surface area contributed by atoms with Crippen LogP contribution in [0.4, 0.5) is 8.78 Å². The monoisotopic (exact) mass is 578 g/mol. The number of fused-ring (bicyclic) bond motifs is 1. The van der Waals surface area contributed by atoms with Crippen LogP contribution in [0.2, 0.25) is 0 Å². The number of benzene rings is 1. The van der Waals surface area contributed by atoms with Gasteiger partial charge in [-0.05, 0) is 11.6 Å². The van der Waals surface area contributed by atoms with E-state index < -0.39 is 118 Å². The van der Waals surface area contributed by atoms with Crippen LogP contribution in [-0.4, -0.2) is 101 Å². The van der Waals surface area contributed by atoms with Crippen molar-refractivity contribution in [2.45, 2.75) is 55.0 Å². The van der Waals surface area contributed by atoms with Crippen LogP contribution in [0.3, 0.4) is 0 Å². The molecule has 206 valence electrons. The molecule has 0 bridgehead atoms. The smallest absolute Gasteiger partial charge is 0.748 e. The van der Waals surface area contributed by atoms with Crippen molar-refractivity contribution < 1.29 is 100 Å². The summed E-state index contributed by atoms with van der Waals surface area (Å²) in [6.07, 6.45) is -13.3. The molecule has 0 saturated carbocycles. The van der Waals surface area contributed by atoms with Gasteiger partial charge in [-0.15, -0.1) is 0 Å². The molecule has 8 atom stereocenters. The second-order valence-corrected chi connectivity index (χ2v) is 9.80. The summed E-state index contributed by atoms with van der Waals surface area (Å²) in [4.78, 5) is 11.8. The first-order valence-electron chi connectivity index (χ1n) is 10.6. The molecule has 2 fully saturated rings. The van der Waals surface area contributed by atoms with E-state index in [1.54, 1.807) is 0 Å². The van der Waals surface area contributed by atoms with Crippen LogP contribution in [0.25, 0.3) is 11.0 Å². The Hall–Kier alpha value is -1.32. The van der Waals surface area contributed by atoms with Crippen LogP contribution in [0.15, 0.2) is 21.3 Å². The fourth-order valence-electron chi connectivity index (χ4n) is 3.87. The Balaban J connectivity index is 0.00000400. The van der Waals surface area contributed by atoms with Crippen molar-refractivity contribution in [3.63, 3.8) is 0 Å². The zero-order valence-corrected chi connectivity index (χ0v) is 22.3. The van der Waals surface area contributed by atoms with Gasteiger partial charge in [0.25, 0.3) is 0 Å². The summed E-state index contributed by atoms with van der Waals surface area (Å²) in [5.41, 5.74) is -2.68. The van der Waals surface area contributed by atoms with Gasteiger partial charge in [0, 0.05) is 11.5 Å². The summed E-state index contributed by atoms with van der Waals surface area (Å²) in [7, 11) is -4.93. The molecule has 5 N–H and O–H groups in total. The molecule has 3 heterocycles. The average Bonchev–Trinajstić information content (AvgIpc) is 2.81. The fourth-order valence-corrected chi connectivity index (χ4v) is 4.49. The molecule has 4 rings (SSSR count). The Morgan fingerprint density at radius 1 is 0.974 bits per heavy atom. The summed E-state index contributed by atoms with van der Waals surface area (Å²) in [6, 6.07) is 1.14. The first-order chi connectivity index (χ1) is 17.3. The van der Waals surface area contributed by atoms with E-state index in [2.05, 4.69) is 4.42 Å². The zero-order valence-electron chi connectivity index (χ0n) is 19.5. The van der Waals surface area contributed by atoms with E-state index in [4.69, 9.17) is 18.9 Å². The molecule has 2 aromatic rings. The van der Waals surface area contributed by atoms with Crippen molar-refractivity contribution in [1.82, 2.24) is 0 Å². The van der Waals surface area contributed by atoms with Crippen molar-refractivity contribution >= 4 is 21.1 Å². The molecule has 0 amide bonds. The van der Waals surface area contributed by atoms with Gasteiger partial charge in [0.1, 0.15) is 36.6 Å². The van der Waals surface area contributed by atoms with Crippen LogP contribution in [-0.2, 0) is 30.1 Å². The molecule has 2 aliphatic rings. The van der Waals surface area contributed by atoms with Crippen molar-refractivity contribution in [2.75, 3.05) is 13.2 Å². The van der Waals surface area contributed by atoms with Gasteiger partial charge in [-0.25, -0.2) is 17.6 Å². The number of hydrogen-bond donors (Lipinski definition) is 5. The van der Waals surface area contributed by atoms with Crippen LogP contribution in [0.5, 0.6) is 5.75 Å². The number of aliphatic hydroxyl groups excluding tert-OH is 5. The van der Waals surface area contributed by atoms with Crippen LogP contribution in [0, 0.1) is 11.6 Å². The van der Waals surface area contributed by atoms with E-state index in [1.807, 2.05) is 0 Å². The van der Waals surface area contributed by atoms with E-state index in [1.165, 1.54) is 0 Å². The van der Waals surface area contributed by atoms with E-state index in [-0.39, 0.29) is 29.6 Å². The molecule has 0 radical (unpaired) electrons. The largest absolute Gasteiger partial charge is 1.00 e. The third kappa shape index (κ3) is 6.52. The van der Waals surface area contributed by atoms with Crippen molar-refractivity contribution in [3.8, 4) is 5.75 Å². The standard InChI is InChI=1S/C20H22F2O14S.Na/c21-8-2-7-6(5-37(29,30)31)1-11(24)35-17(7)12(22)18(8)36-20-16(28)14(26)10(4-33-20)34-19-15(27)13(25)9(23)3-32-19;/h1-2,9-10,13-16,19-20,23,25-28H,3-5H2,(H,29,30,31);/q;+1/p-1/t9-,10-,13-,14-,15?,16?,19+,20+;/m1./s1. The van der Waals surface area contributed by atoms with Crippen LogP contribution in [0.1, 0.15) is 5.56 Å². The molecular weight excluding hydrogens is 557 g/mol. The maximum Gasteiger partial charge on any atom is 1.00 e. The maximum atomic E-state index is 15.1. The van der Waals surface area contributed by atoms with E-state index in [0.717, 1.165) is 0 Å². The molecule has 2 aliphatic heterocycles. The van der Waals surface area contributed by atoms with Gasteiger partial charge in [-0.3, -0.25) is 0 Å².